The van der Waals surface area contributed by atoms with Gasteiger partial charge in [0.1, 0.15) is 0 Å². The monoisotopic (exact) mass is 368 g/mol. The first-order valence-corrected chi connectivity index (χ1v) is 11.2. The lowest BCUT2D eigenvalue weighted by Crippen LogP contribution is -2.58. The lowest BCUT2D eigenvalue weighted by molar-refractivity contribution is -0.153. The molecule has 4 rings (SSSR count). The first-order chi connectivity index (χ1) is 12.7. The summed E-state index contributed by atoms with van der Waals surface area (Å²) in [5, 5.41) is 11.5. The number of allylic oxidation sites excluding steroid dienone is 1. The minimum Gasteiger partial charge on any atom is -0.389 e. The maximum atomic E-state index is 12.4. The van der Waals surface area contributed by atoms with Crippen molar-refractivity contribution in [3.05, 3.63) is 11.6 Å². The second-order valence-electron chi connectivity index (χ2n) is 10.5. The van der Waals surface area contributed by atoms with Gasteiger partial charge in [-0.3, -0.25) is 4.79 Å². The van der Waals surface area contributed by atoms with Gasteiger partial charge in [0, 0.05) is 0 Å². The van der Waals surface area contributed by atoms with Crippen LogP contribution in [0.1, 0.15) is 79.1 Å². The molecule has 0 aliphatic heterocycles. The summed E-state index contributed by atoms with van der Waals surface area (Å²) in [4.78, 5) is 12.4. The quantitative estimate of drug-likeness (QED) is 0.684. The molecular weight excluding hydrogens is 332 g/mol. The van der Waals surface area contributed by atoms with Crippen molar-refractivity contribution in [2.45, 2.75) is 84.7 Å². The third-order valence-electron chi connectivity index (χ3n) is 9.74. The van der Waals surface area contributed by atoms with E-state index in [2.05, 4.69) is 33.6 Å². The SMILES string of the molecule is C#CC1C[C@@]2(C)C(=CC1=O)CC[C@@H]1[C@@H]2[C@@H](CC)C[C@@]2(C)[C@H]1CC[C@@]2(O)CC. The van der Waals surface area contributed by atoms with Gasteiger partial charge in [0.2, 0.25) is 0 Å². The second-order valence-corrected chi connectivity index (χ2v) is 10.5. The summed E-state index contributed by atoms with van der Waals surface area (Å²) in [6.45, 7) is 9.27. The molecule has 0 aromatic heterocycles. The first-order valence-electron chi connectivity index (χ1n) is 11.2. The van der Waals surface area contributed by atoms with E-state index in [0.29, 0.717) is 23.7 Å². The summed E-state index contributed by atoms with van der Waals surface area (Å²) in [5.74, 6) is 5.15. The van der Waals surface area contributed by atoms with Crippen molar-refractivity contribution in [2.24, 2.45) is 40.4 Å². The van der Waals surface area contributed by atoms with Crippen LogP contribution < -0.4 is 0 Å². The molecule has 0 spiro atoms. The molecule has 0 aromatic carbocycles. The van der Waals surface area contributed by atoms with Crippen LogP contribution in [0.3, 0.4) is 0 Å². The van der Waals surface area contributed by atoms with E-state index in [1.165, 1.54) is 12.0 Å². The largest absolute Gasteiger partial charge is 0.389 e. The van der Waals surface area contributed by atoms with Crippen molar-refractivity contribution in [1.29, 1.82) is 0 Å². The highest BCUT2D eigenvalue weighted by atomic mass is 16.3. The molecule has 0 heterocycles. The van der Waals surface area contributed by atoms with Gasteiger partial charge < -0.3 is 5.11 Å². The zero-order valence-corrected chi connectivity index (χ0v) is 17.6. The first kappa shape index (κ1) is 19.3. The fraction of sp³-hybridized carbons (Fsp3) is 0.800. The summed E-state index contributed by atoms with van der Waals surface area (Å²) < 4.78 is 0. The molecule has 4 aliphatic carbocycles. The van der Waals surface area contributed by atoms with E-state index in [9.17, 15) is 9.90 Å². The van der Waals surface area contributed by atoms with Crippen LogP contribution in [0.5, 0.6) is 0 Å². The molecule has 148 valence electrons. The van der Waals surface area contributed by atoms with Gasteiger partial charge in [-0.25, -0.2) is 0 Å². The van der Waals surface area contributed by atoms with Crippen LogP contribution in [0, 0.1) is 52.8 Å². The average Bonchev–Trinajstić information content (AvgIpc) is 2.92. The van der Waals surface area contributed by atoms with E-state index in [1.54, 1.807) is 0 Å². The number of ketones is 1. The smallest absolute Gasteiger partial charge is 0.170 e. The summed E-state index contributed by atoms with van der Waals surface area (Å²) in [5.41, 5.74) is 0.961. The third kappa shape index (κ3) is 2.40. The normalized spacial score (nSPS) is 51.6. The van der Waals surface area contributed by atoms with E-state index in [4.69, 9.17) is 6.42 Å². The number of hydrogen-bond acceptors (Lipinski definition) is 2. The van der Waals surface area contributed by atoms with Gasteiger partial charge in [-0.1, -0.05) is 45.6 Å². The third-order valence-corrected chi connectivity index (χ3v) is 9.74. The molecule has 0 radical (unpaired) electrons. The van der Waals surface area contributed by atoms with Crippen molar-refractivity contribution in [1.82, 2.24) is 0 Å². The Balaban J connectivity index is 1.78. The zero-order chi connectivity index (χ0) is 19.6. The molecule has 27 heavy (non-hydrogen) atoms. The van der Waals surface area contributed by atoms with E-state index in [-0.39, 0.29) is 22.5 Å². The lowest BCUT2D eigenvalue weighted by atomic mass is 9.42. The van der Waals surface area contributed by atoms with Crippen LogP contribution in [-0.4, -0.2) is 16.5 Å². The molecule has 3 saturated carbocycles. The van der Waals surface area contributed by atoms with Gasteiger partial charge >= 0.3 is 0 Å². The van der Waals surface area contributed by atoms with Crippen LogP contribution in [0.4, 0.5) is 0 Å². The number of terminal acetylenes is 1. The van der Waals surface area contributed by atoms with Crippen LogP contribution in [0.2, 0.25) is 0 Å². The van der Waals surface area contributed by atoms with Gasteiger partial charge in [0.15, 0.2) is 5.78 Å². The molecule has 1 unspecified atom stereocenters. The standard InChI is InChI=1S/C25H36O2/c1-6-16-14-23(4)18(13-21(16)26)9-10-19-20-11-12-25(27,8-3)24(20,5)15-17(7-2)22(19)23/h1,13,16-17,19-20,22,27H,7-12,14-15H2,2-5H3/t16?,17-,19-,20-,22-,23-,24-,25-/m0/s1. The minimum absolute atomic E-state index is 0.0389. The predicted molar refractivity (Wildman–Crippen MR) is 109 cm³/mol. The number of hydrogen-bond donors (Lipinski definition) is 1. The molecule has 0 amide bonds. The summed E-state index contributed by atoms with van der Waals surface area (Å²) in [6.07, 6.45) is 15.9. The Kier molecular flexibility index (Phi) is 4.43. The molecule has 0 aromatic rings. The van der Waals surface area contributed by atoms with E-state index in [0.717, 1.165) is 44.9 Å². The number of aliphatic hydroxyl groups is 1. The molecule has 4 aliphatic rings. The summed E-state index contributed by atoms with van der Waals surface area (Å²) in [7, 11) is 0. The second kappa shape index (κ2) is 6.21. The molecule has 1 N–H and O–H groups in total. The lowest BCUT2D eigenvalue weighted by Gasteiger charge is -2.62. The van der Waals surface area contributed by atoms with Crippen molar-refractivity contribution in [2.75, 3.05) is 0 Å². The molecular formula is C25H36O2. The van der Waals surface area contributed by atoms with E-state index < -0.39 is 5.60 Å². The Morgan fingerprint density at radius 2 is 2.00 bits per heavy atom. The van der Waals surface area contributed by atoms with Crippen LogP contribution >= 0.6 is 0 Å². The predicted octanol–water partition coefficient (Wildman–Crippen LogP) is 5.15. The fourth-order valence-electron chi connectivity index (χ4n) is 8.26. The molecule has 2 heteroatoms. The Morgan fingerprint density at radius 1 is 1.26 bits per heavy atom. The van der Waals surface area contributed by atoms with Gasteiger partial charge in [-0.05, 0) is 85.5 Å². The molecule has 8 atom stereocenters. The van der Waals surface area contributed by atoms with E-state index >= 15 is 0 Å². The molecule has 3 fully saturated rings. The Bertz CT molecular complexity index is 714. The Hall–Kier alpha value is -1.07. The van der Waals surface area contributed by atoms with Gasteiger partial charge in [-0.2, -0.15) is 0 Å². The van der Waals surface area contributed by atoms with Crippen molar-refractivity contribution >= 4 is 5.78 Å². The number of fused-ring (bicyclic) bond motifs is 5. The maximum absolute atomic E-state index is 12.4. The number of rotatable bonds is 2. The van der Waals surface area contributed by atoms with Crippen molar-refractivity contribution in [3.63, 3.8) is 0 Å². The minimum atomic E-state index is -0.503. The Labute approximate surface area is 165 Å². The van der Waals surface area contributed by atoms with Gasteiger partial charge in [0.05, 0.1) is 11.5 Å². The number of carbonyl (C=O) groups is 1. The summed E-state index contributed by atoms with van der Waals surface area (Å²) in [6, 6.07) is 0. The average molecular weight is 369 g/mol. The zero-order valence-electron chi connectivity index (χ0n) is 17.6. The Morgan fingerprint density at radius 3 is 2.63 bits per heavy atom. The number of carbonyl (C=O) groups excluding carboxylic acids is 1. The van der Waals surface area contributed by atoms with Gasteiger partial charge in [0.25, 0.3) is 0 Å². The highest BCUT2D eigenvalue weighted by Gasteiger charge is 2.65. The van der Waals surface area contributed by atoms with Gasteiger partial charge in [-0.15, -0.1) is 6.42 Å². The molecule has 0 bridgehead atoms. The maximum Gasteiger partial charge on any atom is 0.170 e. The molecule has 2 nitrogen and oxygen atoms in total. The van der Waals surface area contributed by atoms with Crippen molar-refractivity contribution in [3.8, 4) is 12.3 Å². The summed E-state index contributed by atoms with van der Waals surface area (Å²) >= 11 is 0. The van der Waals surface area contributed by atoms with Crippen LogP contribution in [0.25, 0.3) is 0 Å². The highest BCUT2D eigenvalue weighted by Crippen LogP contribution is 2.70. The highest BCUT2D eigenvalue weighted by molar-refractivity contribution is 5.95. The molecule has 0 saturated heterocycles. The van der Waals surface area contributed by atoms with Crippen molar-refractivity contribution < 1.29 is 9.90 Å². The fourth-order valence-corrected chi connectivity index (χ4v) is 8.26. The van der Waals surface area contributed by atoms with Crippen LogP contribution in [0.15, 0.2) is 11.6 Å². The van der Waals surface area contributed by atoms with E-state index in [1.807, 2.05) is 6.08 Å². The topological polar surface area (TPSA) is 37.3 Å². The van der Waals surface area contributed by atoms with Crippen LogP contribution in [-0.2, 0) is 4.79 Å².